The molecule has 2 heterocycles. The number of carbonyl (C=O) groups is 1. The number of aromatic nitrogens is 2. The van der Waals surface area contributed by atoms with Gasteiger partial charge in [0.15, 0.2) is 14.2 Å². The summed E-state index contributed by atoms with van der Waals surface area (Å²) in [6.07, 6.45) is 1.57. The molecule has 1 aliphatic rings. The Morgan fingerprint density at radius 2 is 2.08 bits per heavy atom. The van der Waals surface area contributed by atoms with Gasteiger partial charge in [-0.1, -0.05) is 53.4 Å². The Balaban J connectivity index is 1.73. The molecule has 0 aliphatic carbocycles. The highest BCUT2D eigenvalue weighted by Crippen LogP contribution is 2.25. The van der Waals surface area contributed by atoms with Crippen LogP contribution < -0.4 is 5.73 Å². The first kappa shape index (κ1) is 17.9. The number of carbonyl (C=O) groups excluding carboxylic acids is 1. The molecule has 0 saturated heterocycles. The number of thioether (sulfide) groups is 1. The van der Waals surface area contributed by atoms with E-state index in [-0.39, 0.29) is 17.4 Å². The van der Waals surface area contributed by atoms with Crippen LogP contribution in [-0.2, 0) is 21.2 Å². The zero-order valence-electron chi connectivity index (χ0n) is 13.1. The smallest absolute Gasteiger partial charge is 0.233 e. The van der Waals surface area contributed by atoms with Crippen molar-refractivity contribution in [1.29, 1.82) is 0 Å². The van der Waals surface area contributed by atoms with Gasteiger partial charge < -0.3 is 10.6 Å². The van der Waals surface area contributed by atoms with E-state index in [4.69, 9.17) is 5.73 Å². The highest BCUT2D eigenvalue weighted by Gasteiger charge is 2.30. The maximum absolute atomic E-state index is 12.7. The Kier molecular flexibility index (Phi) is 5.40. The summed E-state index contributed by atoms with van der Waals surface area (Å²) in [5.41, 5.74) is 6.48. The molecule has 0 fully saturated rings. The second kappa shape index (κ2) is 7.54. The van der Waals surface area contributed by atoms with Gasteiger partial charge in [0.2, 0.25) is 11.0 Å². The molecule has 1 amide bonds. The minimum Gasteiger partial charge on any atom is -0.374 e. The van der Waals surface area contributed by atoms with Crippen LogP contribution in [0.5, 0.6) is 0 Å². The molecule has 132 valence electrons. The van der Waals surface area contributed by atoms with Crippen LogP contribution >= 0.6 is 23.1 Å². The number of sulfone groups is 1. The lowest BCUT2D eigenvalue weighted by Crippen LogP contribution is -2.41. The highest BCUT2D eigenvalue weighted by atomic mass is 32.2. The van der Waals surface area contributed by atoms with Crippen molar-refractivity contribution < 1.29 is 13.2 Å². The predicted octanol–water partition coefficient (Wildman–Crippen LogP) is 1.55. The molecule has 1 atom stereocenters. The lowest BCUT2D eigenvalue weighted by atomic mass is 10.2. The molecule has 0 radical (unpaired) electrons. The van der Waals surface area contributed by atoms with E-state index in [1.54, 1.807) is 11.0 Å². The van der Waals surface area contributed by atoms with Gasteiger partial charge in [-0.15, -0.1) is 10.2 Å². The van der Waals surface area contributed by atoms with E-state index < -0.39 is 15.9 Å². The fraction of sp³-hybridized carbons (Fsp3) is 0.267. The monoisotopic (exact) mass is 396 g/mol. The Morgan fingerprint density at radius 3 is 2.68 bits per heavy atom. The minimum atomic E-state index is -3.25. The van der Waals surface area contributed by atoms with E-state index in [0.717, 1.165) is 5.56 Å². The van der Waals surface area contributed by atoms with Gasteiger partial charge in [-0.25, -0.2) is 8.42 Å². The third-order valence-corrected chi connectivity index (χ3v) is 6.82. The molecule has 10 heteroatoms. The van der Waals surface area contributed by atoms with E-state index in [1.165, 1.54) is 28.5 Å². The molecule has 1 aliphatic heterocycles. The van der Waals surface area contributed by atoms with Crippen LogP contribution in [0.15, 0.2) is 46.2 Å². The average molecular weight is 397 g/mol. The van der Waals surface area contributed by atoms with E-state index in [0.29, 0.717) is 16.0 Å². The number of hydrogen-bond donors (Lipinski definition) is 1. The standard InChI is InChI=1S/C15H16N4O3S3/c16-14-17-18-15(24-14)23-9-13(20)19(8-11-4-2-1-3-5-11)12-6-7-25(21,22)10-12/h1-7,12H,8-10H2,(H2,16,17)/t12-/m0/s1. The van der Waals surface area contributed by atoms with Crippen LogP contribution in [-0.4, -0.2) is 47.0 Å². The zero-order chi connectivity index (χ0) is 17.9. The van der Waals surface area contributed by atoms with Crippen molar-refractivity contribution in [2.24, 2.45) is 0 Å². The summed E-state index contributed by atoms with van der Waals surface area (Å²) in [5, 5.41) is 9.12. The number of hydrogen-bond acceptors (Lipinski definition) is 8. The minimum absolute atomic E-state index is 0.0814. The largest absolute Gasteiger partial charge is 0.374 e. The van der Waals surface area contributed by atoms with Crippen molar-refractivity contribution in [1.82, 2.24) is 15.1 Å². The second-order valence-electron chi connectivity index (χ2n) is 5.43. The van der Waals surface area contributed by atoms with Gasteiger partial charge in [0.1, 0.15) is 0 Å². The number of amides is 1. The molecule has 0 saturated carbocycles. The summed E-state index contributed by atoms with van der Waals surface area (Å²) in [5.74, 6) is -0.0946. The Morgan fingerprint density at radius 1 is 1.32 bits per heavy atom. The van der Waals surface area contributed by atoms with E-state index in [2.05, 4.69) is 10.2 Å². The Labute approximate surface area is 153 Å². The molecule has 3 rings (SSSR count). The lowest BCUT2D eigenvalue weighted by Gasteiger charge is -2.27. The van der Waals surface area contributed by atoms with Crippen molar-refractivity contribution in [3.8, 4) is 0 Å². The maximum Gasteiger partial charge on any atom is 0.233 e. The van der Waals surface area contributed by atoms with Gasteiger partial charge >= 0.3 is 0 Å². The van der Waals surface area contributed by atoms with Crippen molar-refractivity contribution in [2.75, 3.05) is 17.2 Å². The summed E-state index contributed by atoms with van der Waals surface area (Å²) in [7, 11) is -3.25. The van der Waals surface area contributed by atoms with Crippen LogP contribution in [0, 0.1) is 0 Å². The van der Waals surface area contributed by atoms with Gasteiger partial charge in [0, 0.05) is 12.0 Å². The molecule has 1 aromatic carbocycles. The van der Waals surface area contributed by atoms with Crippen LogP contribution in [0.2, 0.25) is 0 Å². The SMILES string of the molecule is Nc1nnc(SCC(=O)N(Cc2ccccc2)[C@H]2C=CS(=O)(=O)C2)s1. The summed E-state index contributed by atoms with van der Waals surface area (Å²) < 4.78 is 24.1. The van der Waals surface area contributed by atoms with Gasteiger partial charge in [-0.05, 0) is 11.6 Å². The van der Waals surface area contributed by atoms with Crippen molar-refractivity contribution in [3.05, 3.63) is 47.4 Å². The molecule has 1 aromatic heterocycles. The molecule has 2 aromatic rings. The third kappa shape index (κ3) is 4.80. The van der Waals surface area contributed by atoms with Crippen LogP contribution in [0.3, 0.4) is 0 Å². The summed E-state index contributed by atoms with van der Waals surface area (Å²) in [6, 6.07) is 9.03. The highest BCUT2D eigenvalue weighted by molar-refractivity contribution is 8.01. The Bertz CT molecular complexity index is 880. The quantitative estimate of drug-likeness (QED) is 0.738. The molecule has 0 bridgehead atoms. The fourth-order valence-electron chi connectivity index (χ4n) is 2.41. The predicted molar refractivity (Wildman–Crippen MR) is 98.8 cm³/mol. The number of nitrogens with two attached hydrogens (primary N) is 1. The number of nitrogen functional groups attached to an aromatic ring is 1. The summed E-state index contributed by atoms with van der Waals surface area (Å²) in [4.78, 5) is 14.3. The fourth-order valence-corrected chi connectivity index (χ4v) is 5.23. The van der Waals surface area contributed by atoms with Crippen molar-refractivity contribution >= 4 is 44.0 Å². The first-order chi connectivity index (χ1) is 11.9. The molecule has 0 spiro atoms. The van der Waals surface area contributed by atoms with Gasteiger partial charge in [-0.3, -0.25) is 4.79 Å². The first-order valence-corrected chi connectivity index (χ1v) is 10.9. The van der Waals surface area contributed by atoms with Crippen LogP contribution in [0.4, 0.5) is 5.13 Å². The second-order valence-corrected chi connectivity index (χ2v) is 9.59. The summed E-state index contributed by atoms with van der Waals surface area (Å²) >= 11 is 2.46. The van der Waals surface area contributed by atoms with E-state index >= 15 is 0 Å². The molecular weight excluding hydrogens is 380 g/mol. The van der Waals surface area contributed by atoms with E-state index in [1.807, 2.05) is 30.3 Å². The lowest BCUT2D eigenvalue weighted by molar-refractivity contribution is -0.130. The third-order valence-electron chi connectivity index (χ3n) is 3.57. The normalized spacial score (nSPS) is 18.3. The number of rotatable bonds is 6. The molecule has 25 heavy (non-hydrogen) atoms. The van der Waals surface area contributed by atoms with Crippen molar-refractivity contribution in [3.63, 3.8) is 0 Å². The van der Waals surface area contributed by atoms with Gasteiger partial charge in [0.25, 0.3) is 0 Å². The Hall–Kier alpha value is -1.91. The van der Waals surface area contributed by atoms with Crippen molar-refractivity contribution in [2.45, 2.75) is 16.9 Å². The molecule has 7 nitrogen and oxygen atoms in total. The van der Waals surface area contributed by atoms with Crippen LogP contribution in [0.25, 0.3) is 0 Å². The topological polar surface area (TPSA) is 106 Å². The van der Waals surface area contributed by atoms with Crippen LogP contribution in [0.1, 0.15) is 5.56 Å². The molecule has 0 unspecified atom stereocenters. The van der Waals surface area contributed by atoms with Gasteiger partial charge in [-0.2, -0.15) is 0 Å². The van der Waals surface area contributed by atoms with Gasteiger partial charge in [0.05, 0.1) is 17.5 Å². The molecular formula is C15H16N4O3S3. The zero-order valence-corrected chi connectivity index (χ0v) is 15.6. The first-order valence-electron chi connectivity index (χ1n) is 7.39. The number of benzene rings is 1. The number of nitrogens with zero attached hydrogens (tertiary/aromatic N) is 3. The summed E-state index contributed by atoms with van der Waals surface area (Å²) in [6.45, 7) is 0.350. The van der Waals surface area contributed by atoms with E-state index in [9.17, 15) is 13.2 Å². The number of anilines is 1. The maximum atomic E-state index is 12.7. The average Bonchev–Trinajstić information content (AvgIpc) is 3.16. The molecule has 2 N–H and O–H groups in total.